The monoisotopic (exact) mass is 221 g/mol. The molecule has 1 heterocycles. The summed E-state index contributed by atoms with van der Waals surface area (Å²) in [5, 5.41) is 11.9. The maximum atomic E-state index is 10.6. The van der Waals surface area contributed by atoms with Crippen molar-refractivity contribution in [3.63, 3.8) is 0 Å². The summed E-state index contributed by atoms with van der Waals surface area (Å²) < 4.78 is 5.16. The van der Waals surface area contributed by atoms with E-state index in [4.69, 9.17) is 9.52 Å². The highest BCUT2D eigenvalue weighted by atomic mass is 16.4. The van der Waals surface area contributed by atoms with Crippen molar-refractivity contribution in [1.29, 1.82) is 0 Å². The first-order valence-electron chi connectivity index (χ1n) is 5.77. The number of hydrogen-bond acceptors (Lipinski definition) is 3. The Labute approximate surface area is 93.6 Å². The molecule has 1 aromatic heterocycles. The molecule has 2 saturated carbocycles. The van der Waals surface area contributed by atoms with Crippen LogP contribution >= 0.6 is 0 Å². The first kappa shape index (κ1) is 9.75. The smallest absolute Gasteiger partial charge is 0.371 e. The first-order chi connectivity index (χ1) is 7.70. The van der Waals surface area contributed by atoms with Crippen molar-refractivity contribution >= 4 is 11.9 Å². The number of carboxylic acid groups (broad SMARTS) is 1. The Hall–Kier alpha value is -1.45. The summed E-state index contributed by atoms with van der Waals surface area (Å²) in [5.74, 6) is 0.452. The number of furan rings is 1. The molecule has 86 valence electrons. The van der Waals surface area contributed by atoms with Crippen LogP contribution in [-0.2, 0) is 0 Å². The van der Waals surface area contributed by atoms with E-state index in [0.717, 1.165) is 12.5 Å². The number of nitrogens with one attached hydrogen (secondary N) is 1. The molecule has 0 aliphatic heterocycles. The van der Waals surface area contributed by atoms with Crippen molar-refractivity contribution in [3.05, 3.63) is 17.9 Å². The van der Waals surface area contributed by atoms with Gasteiger partial charge in [-0.05, 0) is 43.1 Å². The second kappa shape index (κ2) is 3.27. The van der Waals surface area contributed by atoms with Gasteiger partial charge in [-0.25, -0.2) is 4.79 Å². The molecule has 2 aliphatic rings. The van der Waals surface area contributed by atoms with Crippen LogP contribution in [0.5, 0.6) is 0 Å². The molecule has 2 fully saturated rings. The van der Waals surface area contributed by atoms with Crippen molar-refractivity contribution in [2.75, 3.05) is 11.9 Å². The minimum atomic E-state index is -1.02. The molecule has 0 unspecified atom stereocenters. The average molecular weight is 221 g/mol. The molecule has 16 heavy (non-hydrogen) atoms. The van der Waals surface area contributed by atoms with Gasteiger partial charge in [-0.2, -0.15) is 0 Å². The van der Waals surface area contributed by atoms with E-state index in [0.29, 0.717) is 11.3 Å². The molecule has 0 atom stereocenters. The molecule has 0 radical (unpaired) electrons. The minimum absolute atomic E-state index is 0.00114. The minimum Gasteiger partial charge on any atom is -0.475 e. The Bertz CT molecular complexity index is 416. The SMILES string of the molecule is O=C(O)c1ccc(NCC2(C3CC3)CC2)o1. The van der Waals surface area contributed by atoms with Gasteiger partial charge in [-0.3, -0.25) is 0 Å². The van der Waals surface area contributed by atoms with Gasteiger partial charge in [0.1, 0.15) is 0 Å². The van der Waals surface area contributed by atoms with E-state index < -0.39 is 5.97 Å². The number of aromatic carboxylic acids is 1. The van der Waals surface area contributed by atoms with Gasteiger partial charge >= 0.3 is 5.97 Å². The summed E-state index contributed by atoms with van der Waals surface area (Å²) in [5.41, 5.74) is 0.496. The van der Waals surface area contributed by atoms with Gasteiger partial charge in [-0.1, -0.05) is 0 Å². The van der Waals surface area contributed by atoms with Crippen LogP contribution in [0.4, 0.5) is 5.88 Å². The van der Waals surface area contributed by atoms with Crippen LogP contribution in [0.15, 0.2) is 16.5 Å². The molecule has 0 saturated heterocycles. The molecule has 1 aromatic rings. The van der Waals surface area contributed by atoms with E-state index in [-0.39, 0.29) is 5.76 Å². The highest BCUT2D eigenvalue weighted by Gasteiger charge is 2.53. The van der Waals surface area contributed by atoms with Crippen molar-refractivity contribution in [2.24, 2.45) is 11.3 Å². The average Bonchev–Trinajstić information content (AvgIpc) is 3.13. The summed E-state index contributed by atoms with van der Waals surface area (Å²) in [7, 11) is 0. The van der Waals surface area contributed by atoms with Crippen LogP contribution in [0.25, 0.3) is 0 Å². The largest absolute Gasteiger partial charge is 0.475 e. The van der Waals surface area contributed by atoms with Crippen molar-refractivity contribution in [3.8, 4) is 0 Å². The molecule has 2 N–H and O–H groups in total. The first-order valence-corrected chi connectivity index (χ1v) is 5.77. The highest BCUT2D eigenvalue weighted by Crippen LogP contribution is 2.61. The Morgan fingerprint density at radius 2 is 2.25 bits per heavy atom. The summed E-state index contributed by atoms with van der Waals surface area (Å²) in [6, 6.07) is 3.17. The Morgan fingerprint density at radius 1 is 1.50 bits per heavy atom. The normalized spacial score (nSPS) is 21.8. The van der Waals surface area contributed by atoms with Crippen LogP contribution < -0.4 is 5.32 Å². The zero-order valence-corrected chi connectivity index (χ0v) is 9.03. The second-order valence-electron chi connectivity index (χ2n) is 4.96. The third-order valence-corrected chi connectivity index (χ3v) is 3.77. The van der Waals surface area contributed by atoms with E-state index in [1.807, 2.05) is 0 Å². The Morgan fingerprint density at radius 3 is 2.75 bits per heavy atom. The predicted octanol–water partition coefficient (Wildman–Crippen LogP) is 2.58. The standard InChI is InChI=1S/C12H15NO3/c14-11(15)9-3-4-10(16-9)13-7-12(5-6-12)8-1-2-8/h3-4,8,13H,1-2,5-7H2,(H,14,15). The number of rotatable bonds is 5. The third-order valence-electron chi connectivity index (χ3n) is 3.77. The molecule has 0 aromatic carbocycles. The fraction of sp³-hybridized carbons (Fsp3) is 0.583. The molecule has 3 rings (SSSR count). The molecule has 4 heteroatoms. The summed E-state index contributed by atoms with van der Waals surface area (Å²) in [6.07, 6.45) is 5.33. The lowest BCUT2D eigenvalue weighted by molar-refractivity contribution is 0.0663. The molecule has 0 amide bonds. The van der Waals surface area contributed by atoms with Crippen molar-refractivity contribution < 1.29 is 14.3 Å². The van der Waals surface area contributed by atoms with Gasteiger partial charge in [0.2, 0.25) is 5.76 Å². The molecule has 2 aliphatic carbocycles. The maximum absolute atomic E-state index is 10.6. The van der Waals surface area contributed by atoms with Crippen LogP contribution in [0.2, 0.25) is 0 Å². The third kappa shape index (κ3) is 1.68. The number of hydrogen-bond donors (Lipinski definition) is 2. The van der Waals surface area contributed by atoms with Crippen LogP contribution in [0.1, 0.15) is 36.2 Å². The van der Waals surface area contributed by atoms with Crippen LogP contribution in [-0.4, -0.2) is 17.6 Å². The number of carboxylic acids is 1. The second-order valence-corrected chi connectivity index (χ2v) is 4.96. The fourth-order valence-electron chi connectivity index (χ4n) is 2.40. The molecule has 0 spiro atoms. The lowest BCUT2D eigenvalue weighted by Gasteiger charge is -2.13. The number of carbonyl (C=O) groups is 1. The lowest BCUT2D eigenvalue weighted by atomic mass is 10.0. The molecule has 4 nitrogen and oxygen atoms in total. The quantitative estimate of drug-likeness (QED) is 0.802. The predicted molar refractivity (Wildman–Crippen MR) is 58.5 cm³/mol. The van der Waals surface area contributed by atoms with Crippen LogP contribution in [0, 0.1) is 11.3 Å². The van der Waals surface area contributed by atoms with E-state index in [2.05, 4.69) is 5.32 Å². The Kier molecular flexibility index (Phi) is 1.99. The van der Waals surface area contributed by atoms with Crippen molar-refractivity contribution in [1.82, 2.24) is 0 Å². The zero-order valence-electron chi connectivity index (χ0n) is 9.03. The zero-order chi connectivity index (χ0) is 11.2. The van der Waals surface area contributed by atoms with E-state index in [1.165, 1.54) is 31.7 Å². The van der Waals surface area contributed by atoms with Gasteiger partial charge in [0.15, 0.2) is 5.88 Å². The fourth-order valence-corrected chi connectivity index (χ4v) is 2.40. The molecular formula is C12H15NO3. The van der Waals surface area contributed by atoms with Gasteiger partial charge < -0.3 is 14.8 Å². The highest BCUT2D eigenvalue weighted by molar-refractivity contribution is 5.84. The molecular weight excluding hydrogens is 206 g/mol. The van der Waals surface area contributed by atoms with Crippen LogP contribution in [0.3, 0.4) is 0 Å². The van der Waals surface area contributed by atoms with Crippen molar-refractivity contribution in [2.45, 2.75) is 25.7 Å². The maximum Gasteiger partial charge on any atom is 0.371 e. The van der Waals surface area contributed by atoms with E-state index >= 15 is 0 Å². The molecule has 0 bridgehead atoms. The lowest BCUT2D eigenvalue weighted by Crippen LogP contribution is -2.16. The van der Waals surface area contributed by atoms with E-state index in [1.54, 1.807) is 6.07 Å². The van der Waals surface area contributed by atoms with Gasteiger partial charge in [0, 0.05) is 12.6 Å². The van der Waals surface area contributed by atoms with E-state index in [9.17, 15) is 4.79 Å². The summed E-state index contributed by atoms with van der Waals surface area (Å²) in [6.45, 7) is 0.921. The van der Waals surface area contributed by atoms with Gasteiger partial charge in [0.05, 0.1) is 0 Å². The summed E-state index contributed by atoms with van der Waals surface area (Å²) >= 11 is 0. The number of anilines is 1. The van der Waals surface area contributed by atoms with Gasteiger partial charge in [0.25, 0.3) is 0 Å². The summed E-state index contributed by atoms with van der Waals surface area (Å²) in [4.78, 5) is 10.6. The topological polar surface area (TPSA) is 62.5 Å². The Balaban J connectivity index is 1.59. The van der Waals surface area contributed by atoms with Gasteiger partial charge in [-0.15, -0.1) is 0 Å².